The third kappa shape index (κ3) is 5.03. The molecule has 0 spiro atoms. The highest BCUT2D eigenvalue weighted by atomic mass is 16.5. The number of benzene rings is 2. The molecule has 0 bridgehead atoms. The van der Waals surface area contributed by atoms with Crippen molar-refractivity contribution < 1.29 is 19.7 Å². The largest absolute Gasteiger partial charge is 0.507 e. The van der Waals surface area contributed by atoms with Crippen LogP contribution in [0.25, 0.3) is 0 Å². The number of ether oxygens (including phenoxy) is 1. The summed E-state index contributed by atoms with van der Waals surface area (Å²) in [5.41, 5.74) is 4.92. The number of allylic oxidation sites excluding steroid dienone is 4. The average Bonchev–Trinajstić information content (AvgIpc) is 2.88. The van der Waals surface area contributed by atoms with Gasteiger partial charge in [0.25, 0.3) is 0 Å². The van der Waals surface area contributed by atoms with Crippen LogP contribution in [0.4, 0.5) is 0 Å². The molecule has 4 nitrogen and oxygen atoms in total. The highest BCUT2D eigenvalue weighted by molar-refractivity contribution is 6.04. The van der Waals surface area contributed by atoms with Crippen molar-refractivity contribution in [2.45, 2.75) is 91.6 Å². The third-order valence-electron chi connectivity index (χ3n) is 9.53. The molecule has 1 heterocycles. The SMILES string of the molecule is CC1=C[C@H](c2c(O)c3c(c([C@H]4C=C(C)CC[C@@H]4C(C)C)c2O)O[C@H](c2ccccc2)CC3=O)[C@@H](C(C)C)CC1. The van der Waals surface area contributed by atoms with Gasteiger partial charge in [-0.1, -0.05) is 81.3 Å². The number of aromatic hydroxyl groups is 2. The standard InChI is InChI=1S/C35H44O4/c1-19(2)24-14-12-21(5)16-26(24)30-33(37)31(27-17-22(6)13-15-25(27)20(3)4)35-32(34(30)38)28(36)18-29(39-35)23-10-8-7-9-11-23/h7-11,16-17,19-20,24-27,29,37-38H,12-15,18H2,1-6H3/t24-,25-,26+,27+,29+/m1/s1. The van der Waals surface area contributed by atoms with Crippen molar-refractivity contribution >= 4 is 5.78 Å². The predicted molar refractivity (Wildman–Crippen MR) is 157 cm³/mol. The van der Waals surface area contributed by atoms with E-state index in [2.05, 4.69) is 53.7 Å². The molecule has 5 atom stereocenters. The lowest BCUT2D eigenvalue weighted by atomic mass is 9.68. The Morgan fingerprint density at radius 3 is 1.87 bits per heavy atom. The number of ketones is 1. The quantitative estimate of drug-likeness (QED) is 0.380. The minimum atomic E-state index is -0.457. The Morgan fingerprint density at radius 1 is 0.795 bits per heavy atom. The van der Waals surface area contributed by atoms with E-state index in [4.69, 9.17) is 4.74 Å². The monoisotopic (exact) mass is 528 g/mol. The van der Waals surface area contributed by atoms with E-state index >= 15 is 0 Å². The molecule has 208 valence electrons. The molecule has 0 unspecified atom stereocenters. The van der Waals surface area contributed by atoms with Gasteiger partial charge in [0.1, 0.15) is 28.9 Å². The van der Waals surface area contributed by atoms with Crippen LogP contribution < -0.4 is 4.74 Å². The molecular formula is C35H44O4. The fraction of sp³-hybridized carbons (Fsp3) is 0.514. The highest BCUT2D eigenvalue weighted by Crippen LogP contribution is 2.58. The van der Waals surface area contributed by atoms with Gasteiger partial charge in [0.05, 0.1) is 6.42 Å². The molecule has 2 aliphatic carbocycles. The summed E-state index contributed by atoms with van der Waals surface area (Å²) >= 11 is 0. The van der Waals surface area contributed by atoms with Gasteiger partial charge >= 0.3 is 0 Å². The lowest BCUT2D eigenvalue weighted by Crippen LogP contribution is -2.27. The van der Waals surface area contributed by atoms with Crippen LogP contribution in [0.5, 0.6) is 17.2 Å². The molecule has 2 aromatic rings. The summed E-state index contributed by atoms with van der Waals surface area (Å²) in [6.07, 6.45) is 8.23. The van der Waals surface area contributed by atoms with Gasteiger partial charge in [-0.2, -0.15) is 0 Å². The maximum absolute atomic E-state index is 13.9. The molecule has 1 aliphatic heterocycles. The summed E-state index contributed by atoms with van der Waals surface area (Å²) in [5, 5.41) is 24.1. The van der Waals surface area contributed by atoms with Gasteiger partial charge in [0.2, 0.25) is 0 Å². The molecule has 4 heteroatoms. The second-order valence-electron chi connectivity index (χ2n) is 12.8. The van der Waals surface area contributed by atoms with Gasteiger partial charge in [0.15, 0.2) is 5.78 Å². The summed E-state index contributed by atoms with van der Waals surface area (Å²) in [4.78, 5) is 13.9. The Bertz CT molecular complexity index is 1300. The molecule has 39 heavy (non-hydrogen) atoms. The number of phenolic OH excluding ortho intramolecular Hbond substituents is 2. The second-order valence-corrected chi connectivity index (χ2v) is 12.8. The first kappa shape index (κ1) is 27.6. The van der Waals surface area contributed by atoms with Crippen LogP contribution >= 0.6 is 0 Å². The van der Waals surface area contributed by atoms with Gasteiger partial charge in [0, 0.05) is 23.0 Å². The van der Waals surface area contributed by atoms with Crippen LogP contribution in [0.1, 0.15) is 119 Å². The number of carbonyl (C=O) groups excluding carboxylic acids is 1. The zero-order valence-electron chi connectivity index (χ0n) is 24.3. The molecule has 0 fully saturated rings. The normalized spacial score (nSPS) is 27.2. The molecule has 0 saturated heterocycles. The zero-order chi connectivity index (χ0) is 28.0. The number of rotatable bonds is 5. The van der Waals surface area contributed by atoms with Gasteiger partial charge < -0.3 is 14.9 Å². The van der Waals surface area contributed by atoms with Crippen molar-refractivity contribution in [3.63, 3.8) is 0 Å². The summed E-state index contributed by atoms with van der Waals surface area (Å²) in [6, 6.07) is 9.79. The van der Waals surface area contributed by atoms with Crippen molar-refractivity contribution in [3.8, 4) is 17.2 Å². The van der Waals surface area contributed by atoms with Gasteiger partial charge in [-0.05, 0) is 68.8 Å². The van der Waals surface area contributed by atoms with E-state index in [0.717, 1.165) is 31.2 Å². The van der Waals surface area contributed by atoms with E-state index < -0.39 is 6.10 Å². The van der Waals surface area contributed by atoms with E-state index in [1.54, 1.807) is 0 Å². The Hall–Kier alpha value is -3.01. The molecule has 0 saturated carbocycles. The first-order valence-electron chi connectivity index (χ1n) is 14.8. The van der Waals surface area contributed by atoms with Gasteiger partial charge in [-0.3, -0.25) is 4.79 Å². The van der Waals surface area contributed by atoms with Crippen molar-refractivity contribution in [3.05, 3.63) is 75.9 Å². The van der Waals surface area contributed by atoms with E-state index in [0.29, 0.717) is 34.6 Å². The number of hydrogen-bond acceptors (Lipinski definition) is 4. The van der Waals surface area contributed by atoms with Gasteiger partial charge in [-0.15, -0.1) is 0 Å². The van der Waals surface area contributed by atoms with Crippen molar-refractivity contribution in [2.75, 3.05) is 0 Å². The minimum Gasteiger partial charge on any atom is -0.507 e. The zero-order valence-corrected chi connectivity index (χ0v) is 24.3. The Kier molecular flexibility index (Phi) is 7.68. The number of hydrogen-bond donors (Lipinski definition) is 2. The Labute approximate surface area is 233 Å². The number of phenols is 2. The number of Topliss-reactive ketones (excluding diaryl/α,β-unsaturated/α-hetero) is 1. The lowest BCUT2D eigenvalue weighted by Gasteiger charge is -2.39. The average molecular weight is 529 g/mol. The fourth-order valence-electron chi connectivity index (χ4n) is 7.32. The van der Waals surface area contributed by atoms with Crippen LogP contribution in [-0.2, 0) is 0 Å². The molecular weight excluding hydrogens is 484 g/mol. The molecule has 0 aromatic heterocycles. The second kappa shape index (κ2) is 10.9. The van der Waals surface area contributed by atoms with Crippen molar-refractivity contribution in [1.82, 2.24) is 0 Å². The molecule has 2 aromatic carbocycles. The summed E-state index contributed by atoms with van der Waals surface area (Å²) in [7, 11) is 0. The number of carbonyl (C=O) groups is 1. The lowest BCUT2D eigenvalue weighted by molar-refractivity contribution is 0.0839. The molecule has 5 rings (SSSR count). The van der Waals surface area contributed by atoms with E-state index in [-0.39, 0.29) is 47.0 Å². The molecule has 3 aliphatic rings. The fourth-order valence-corrected chi connectivity index (χ4v) is 7.32. The van der Waals surface area contributed by atoms with E-state index in [1.165, 1.54) is 11.1 Å². The maximum atomic E-state index is 13.9. The molecule has 0 amide bonds. The van der Waals surface area contributed by atoms with Crippen LogP contribution in [0, 0.1) is 23.7 Å². The first-order valence-corrected chi connectivity index (χ1v) is 14.8. The topological polar surface area (TPSA) is 66.8 Å². The summed E-state index contributed by atoms with van der Waals surface area (Å²) in [6.45, 7) is 13.2. The minimum absolute atomic E-state index is 0.0954. The third-order valence-corrected chi connectivity index (χ3v) is 9.53. The number of fused-ring (bicyclic) bond motifs is 1. The summed E-state index contributed by atoms with van der Waals surface area (Å²) < 4.78 is 6.65. The van der Waals surface area contributed by atoms with Gasteiger partial charge in [-0.25, -0.2) is 0 Å². The Morgan fingerprint density at radius 2 is 1.33 bits per heavy atom. The summed E-state index contributed by atoms with van der Waals surface area (Å²) in [5.74, 6) is 1.31. The van der Waals surface area contributed by atoms with Crippen LogP contribution in [0.2, 0.25) is 0 Å². The van der Waals surface area contributed by atoms with E-state index in [1.807, 2.05) is 30.3 Å². The molecule has 0 radical (unpaired) electrons. The van der Waals surface area contributed by atoms with Crippen LogP contribution in [0.3, 0.4) is 0 Å². The Balaban J connectivity index is 1.79. The van der Waals surface area contributed by atoms with Crippen molar-refractivity contribution in [2.24, 2.45) is 23.7 Å². The van der Waals surface area contributed by atoms with Crippen LogP contribution in [-0.4, -0.2) is 16.0 Å². The van der Waals surface area contributed by atoms with Crippen molar-refractivity contribution in [1.29, 1.82) is 0 Å². The first-order chi connectivity index (χ1) is 18.6. The predicted octanol–water partition coefficient (Wildman–Crippen LogP) is 9.00. The molecule has 2 N–H and O–H groups in total. The van der Waals surface area contributed by atoms with E-state index in [9.17, 15) is 15.0 Å². The maximum Gasteiger partial charge on any atom is 0.174 e. The van der Waals surface area contributed by atoms with Crippen LogP contribution in [0.15, 0.2) is 53.6 Å². The highest BCUT2D eigenvalue weighted by Gasteiger charge is 2.43. The smallest absolute Gasteiger partial charge is 0.174 e.